The van der Waals surface area contributed by atoms with E-state index in [9.17, 15) is 28.7 Å². The van der Waals surface area contributed by atoms with Crippen LogP contribution in [0.1, 0.15) is 64.7 Å². The van der Waals surface area contributed by atoms with Gasteiger partial charge in [-0.05, 0) is 54.5 Å². The maximum Gasteiger partial charge on any atom is 0.340 e. The molecule has 0 spiro atoms. The van der Waals surface area contributed by atoms with Crippen LogP contribution in [0.25, 0.3) is 10.9 Å². The van der Waals surface area contributed by atoms with Gasteiger partial charge in [-0.25, -0.2) is 14.2 Å². The van der Waals surface area contributed by atoms with Crippen molar-refractivity contribution < 1.29 is 28.6 Å². The summed E-state index contributed by atoms with van der Waals surface area (Å²) in [5.74, 6) is -2.06. The summed E-state index contributed by atoms with van der Waals surface area (Å²) < 4.78 is 21.1. The summed E-state index contributed by atoms with van der Waals surface area (Å²) in [5, 5.41) is 13.5. The van der Waals surface area contributed by atoms with Crippen molar-refractivity contribution in [2.75, 3.05) is 13.1 Å². The number of nitrogens with one attached hydrogen (secondary N) is 1. The number of aryl methyl sites for hydroxylation is 1. The van der Waals surface area contributed by atoms with Crippen LogP contribution in [0.4, 0.5) is 4.39 Å². The number of nitrogens with zero attached hydrogens (tertiary/aromatic N) is 3. The molecule has 5 rings (SSSR count). The Morgan fingerprint density at radius 1 is 1.34 bits per heavy atom. The number of carbonyl (C=O) groups excluding carboxylic acids is 3. The zero-order valence-electron chi connectivity index (χ0n) is 22.5. The zero-order chi connectivity index (χ0) is 29.3. The number of nitrogens with two attached hydrogens (primary N) is 1. The third-order valence-corrected chi connectivity index (χ3v) is 7.68. The Hall–Kier alpha value is -4.29. The number of pyridine rings is 2. The van der Waals surface area contributed by atoms with Gasteiger partial charge in [-0.3, -0.25) is 19.4 Å². The first-order valence-corrected chi connectivity index (χ1v) is 13.4. The van der Waals surface area contributed by atoms with Crippen molar-refractivity contribution in [2.45, 2.75) is 57.8 Å². The smallest absolute Gasteiger partial charge is 0.340 e. The van der Waals surface area contributed by atoms with Crippen LogP contribution in [-0.2, 0) is 38.7 Å². The fraction of sp³-hybridized carbons (Fsp3) is 0.379. The first-order valence-electron chi connectivity index (χ1n) is 13.4. The number of fused-ring (bicyclic) bond motifs is 1. The highest BCUT2D eigenvalue weighted by atomic mass is 19.1. The minimum Gasteiger partial charge on any atom is -0.458 e. The van der Waals surface area contributed by atoms with Crippen LogP contribution in [0.2, 0.25) is 0 Å². The van der Waals surface area contributed by atoms with Crippen LogP contribution in [0.5, 0.6) is 0 Å². The van der Waals surface area contributed by atoms with Crippen molar-refractivity contribution in [3.05, 3.63) is 74.1 Å². The van der Waals surface area contributed by atoms with Gasteiger partial charge in [-0.15, -0.1) is 0 Å². The molecule has 2 aromatic heterocycles. The van der Waals surface area contributed by atoms with Crippen LogP contribution < -0.4 is 16.6 Å². The molecule has 1 aliphatic carbocycles. The third kappa shape index (κ3) is 5.52. The van der Waals surface area contributed by atoms with Crippen LogP contribution >= 0.6 is 0 Å². The van der Waals surface area contributed by atoms with Crippen molar-refractivity contribution in [2.24, 2.45) is 10.7 Å². The second-order valence-corrected chi connectivity index (χ2v) is 10.2. The summed E-state index contributed by atoms with van der Waals surface area (Å²) in [6.45, 7) is 1.81. The topological polar surface area (TPSA) is 166 Å². The van der Waals surface area contributed by atoms with Gasteiger partial charge < -0.3 is 25.5 Å². The summed E-state index contributed by atoms with van der Waals surface area (Å²) in [7, 11) is 0. The molecule has 0 bridgehead atoms. The Balaban J connectivity index is 1.49. The highest BCUT2D eigenvalue weighted by Crippen LogP contribution is 2.40. The molecule has 3 aromatic rings. The molecule has 1 aliphatic heterocycles. The molecule has 1 aromatic carbocycles. The lowest BCUT2D eigenvalue weighted by atomic mass is 9.79. The molecule has 2 amide bonds. The highest BCUT2D eigenvalue weighted by molar-refractivity contribution is 5.95. The summed E-state index contributed by atoms with van der Waals surface area (Å²) >= 11 is 0. The molecular weight excluding hydrogens is 533 g/mol. The van der Waals surface area contributed by atoms with E-state index in [1.807, 2.05) is 0 Å². The second kappa shape index (κ2) is 11.7. The van der Waals surface area contributed by atoms with Crippen molar-refractivity contribution in [1.29, 1.82) is 0 Å². The van der Waals surface area contributed by atoms with Crippen LogP contribution in [-0.4, -0.2) is 51.7 Å². The lowest BCUT2D eigenvalue weighted by Gasteiger charge is -2.27. The van der Waals surface area contributed by atoms with E-state index in [4.69, 9.17) is 10.5 Å². The quantitative estimate of drug-likeness (QED) is 0.210. The first kappa shape index (κ1) is 28.2. The monoisotopic (exact) mass is 563 g/mol. The maximum absolute atomic E-state index is 14.7. The lowest BCUT2D eigenvalue weighted by Crippen LogP contribution is -2.32. The average molecular weight is 564 g/mol. The van der Waals surface area contributed by atoms with Gasteiger partial charge in [0.05, 0.1) is 24.2 Å². The van der Waals surface area contributed by atoms with Crippen molar-refractivity contribution >= 4 is 34.9 Å². The minimum absolute atomic E-state index is 0.115. The van der Waals surface area contributed by atoms with Gasteiger partial charge in [0, 0.05) is 54.5 Å². The Bertz CT molecular complexity index is 1650. The minimum atomic E-state index is -1.51. The van der Waals surface area contributed by atoms with Crippen LogP contribution in [0.3, 0.4) is 0 Å². The third-order valence-electron chi connectivity index (χ3n) is 7.68. The number of cyclic esters (lactones) is 1. The van der Waals surface area contributed by atoms with Gasteiger partial charge in [0.1, 0.15) is 12.4 Å². The van der Waals surface area contributed by atoms with Gasteiger partial charge >= 0.3 is 5.97 Å². The number of carbonyl (C=O) groups is 3. The number of aliphatic hydroxyl groups excluding tert-OH is 1. The number of hydrogen-bond acceptors (Lipinski definition) is 8. The van der Waals surface area contributed by atoms with Crippen molar-refractivity contribution in [1.82, 2.24) is 14.9 Å². The molecule has 4 N–H and O–H groups in total. The number of halogens is 1. The molecule has 0 saturated carbocycles. The number of esters is 1. The van der Waals surface area contributed by atoms with Crippen LogP contribution in [0.15, 0.2) is 34.3 Å². The molecule has 2 aliphatic rings. The number of aliphatic imine (C=N–C) groups is 1. The van der Waals surface area contributed by atoms with Gasteiger partial charge in [0.25, 0.3) is 5.56 Å². The SMILES string of the molecule is Cc1c(F)cc2ncc(Cn3ccc4c(c3=O)COC(=O)C4O)c3c2c1CCC3C=NC(=O)CCCNC(=O)CN. The number of aliphatic hydroxyl groups is 1. The molecule has 3 heterocycles. The summed E-state index contributed by atoms with van der Waals surface area (Å²) in [6.07, 6.45) is 4.91. The molecule has 41 heavy (non-hydrogen) atoms. The molecule has 214 valence electrons. The number of aromatic nitrogens is 2. The van der Waals surface area contributed by atoms with Crippen molar-refractivity contribution in [3.8, 4) is 0 Å². The highest BCUT2D eigenvalue weighted by Gasteiger charge is 2.31. The van der Waals surface area contributed by atoms with Gasteiger partial charge in [0.15, 0.2) is 6.10 Å². The summed E-state index contributed by atoms with van der Waals surface area (Å²) in [4.78, 5) is 57.5. The average Bonchev–Trinajstić information content (AvgIpc) is 2.97. The first-order chi connectivity index (χ1) is 19.7. The fourth-order valence-corrected chi connectivity index (χ4v) is 5.49. The Morgan fingerprint density at radius 2 is 2.15 bits per heavy atom. The van der Waals surface area contributed by atoms with Crippen LogP contribution in [0, 0.1) is 12.7 Å². The summed E-state index contributed by atoms with van der Waals surface area (Å²) in [6, 6.07) is 2.92. The number of rotatable bonds is 8. The summed E-state index contributed by atoms with van der Waals surface area (Å²) in [5.41, 5.74) is 8.65. The molecule has 12 heteroatoms. The molecule has 0 fully saturated rings. The number of benzene rings is 1. The number of amides is 2. The Labute approximate surface area is 234 Å². The number of ether oxygens (including phenoxy) is 1. The van der Waals surface area contributed by atoms with E-state index in [-0.39, 0.29) is 60.8 Å². The molecule has 2 unspecified atom stereocenters. The van der Waals surface area contributed by atoms with E-state index in [1.54, 1.807) is 19.3 Å². The van der Waals surface area contributed by atoms with E-state index in [0.717, 1.165) is 16.5 Å². The standard InChI is InChI=1S/C29H30FN5O6/c1-15-18-5-4-16(11-34-23(36)3-2-7-32-24(37)10-31)25-17(12-33-22(26(18)25)9-21(15)30)13-35-8-6-19-20(28(35)39)14-41-29(40)27(19)38/h6,8-9,11-12,16,27,38H,2-5,7,10,13-14,31H2,1H3,(H,32,37). The predicted octanol–water partition coefficient (Wildman–Crippen LogP) is 1.46. The van der Waals surface area contributed by atoms with E-state index in [2.05, 4.69) is 15.3 Å². The largest absolute Gasteiger partial charge is 0.458 e. The maximum atomic E-state index is 14.7. The van der Waals surface area contributed by atoms with Gasteiger partial charge in [0.2, 0.25) is 11.8 Å². The van der Waals surface area contributed by atoms with E-state index >= 15 is 0 Å². The van der Waals surface area contributed by atoms with E-state index in [0.29, 0.717) is 42.5 Å². The zero-order valence-corrected chi connectivity index (χ0v) is 22.5. The number of hydrogen-bond donors (Lipinski definition) is 3. The van der Waals surface area contributed by atoms with Gasteiger partial charge in [-0.2, -0.15) is 0 Å². The normalized spacial score (nSPS) is 17.9. The van der Waals surface area contributed by atoms with E-state index < -0.39 is 17.6 Å². The molecule has 0 radical (unpaired) electrons. The molecular formula is C29H30FN5O6. The molecule has 11 nitrogen and oxygen atoms in total. The van der Waals surface area contributed by atoms with E-state index in [1.165, 1.54) is 22.9 Å². The Kier molecular flexibility index (Phi) is 8.04. The van der Waals surface area contributed by atoms with Crippen molar-refractivity contribution in [3.63, 3.8) is 0 Å². The molecule has 2 atom stereocenters. The fourth-order valence-electron chi connectivity index (χ4n) is 5.49. The molecule has 0 saturated heterocycles. The Morgan fingerprint density at radius 3 is 2.93 bits per heavy atom. The lowest BCUT2D eigenvalue weighted by molar-refractivity contribution is -0.157. The second-order valence-electron chi connectivity index (χ2n) is 10.2. The van der Waals surface area contributed by atoms with Gasteiger partial charge in [-0.1, -0.05) is 0 Å². The predicted molar refractivity (Wildman–Crippen MR) is 147 cm³/mol.